The molecule has 0 unspecified atom stereocenters. The lowest BCUT2D eigenvalue weighted by Gasteiger charge is -2.22. The molecule has 0 aromatic heterocycles. The van der Waals surface area contributed by atoms with E-state index < -0.39 is 10.0 Å². The van der Waals surface area contributed by atoms with Crippen molar-refractivity contribution in [1.29, 1.82) is 0 Å². The summed E-state index contributed by atoms with van der Waals surface area (Å²) < 4.78 is 24.6. The summed E-state index contributed by atoms with van der Waals surface area (Å²) in [6, 6.07) is 0. The molecule has 0 aliphatic heterocycles. The molecule has 0 spiro atoms. The molecule has 124 valence electrons. The van der Waals surface area contributed by atoms with Gasteiger partial charge in [0.05, 0.1) is 5.75 Å². The van der Waals surface area contributed by atoms with E-state index in [0.717, 1.165) is 31.8 Å². The fraction of sp³-hybridized carbons (Fsp3) is 0.786. The summed E-state index contributed by atoms with van der Waals surface area (Å²) in [6.45, 7) is 7.49. The second-order valence-electron chi connectivity index (χ2n) is 4.90. The molecule has 21 heavy (non-hydrogen) atoms. The third-order valence-electron chi connectivity index (χ3n) is 3.25. The van der Waals surface area contributed by atoms with Crippen LogP contribution in [-0.2, 0) is 10.0 Å². The lowest BCUT2D eigenvalue weighted by atomic mass is 10.3. The van der Waals surface area contributed by atoms with Crippen LogP contribution in [0.2, 0.25) is 0 Å². The van der Waals surface area contributed by atoms with E-state index in [2.05, 4.69) is 21.8 Å². The van der Waals surface area contributed by atoms with Crippen molar-refractivity contribution in [3.8, 4) is 0 Å². The number of nitrogens with one attached hydrogen (secondary N) is 1. The third-order valence-corrected chi connectivity index (χ3v) is 5.11. The van der Waals surface area contributed by atoms with Crippen molar-refractivity contribution < 1.29 is 8.42 Å². The third kappa shape index (κ3) is 8.06. The minimum atomic E-state index is -3.08. The van der Waals surface area contributed by atoms with Crippen molar-refractivity contribution in [3.63, 3.8) is 0 Å². The highest BCUT2D eigenvalue weighted by molar-refractivity contribution is 7.89. The van der Waals surface area contributed by atoms with Gasteiger partial charge in [-0.1, -0.05) is 6.08 Å². The highest BCUT2D eigenvalue weighted by atomic mass is 32.2. The van der Waals surface area contributed by atoms with E-state index in [1.54, 1.807) is 21.0 Å². The molecule has 0 atom stereocenters. The lowest BCUT2D eigenvalue weighted by Crippen LogP contribution is -2.40. The number of aliphatic imine (C=N–C) groups is 1. The molecular formula is C14H30N4O2S. The Hall–Kier alpha value is -1.08. The molecule has 0 aliphatic carbocycles. The molecule has 0 rings (SSSR count). The largest absolute Gasteiger partial charge is 0.356 e. The molecule has 0 aromatic carbocycles. The van der Waals surface area contributed by atoms with Gasteiger partial charge in [0.25, 0.3) is 0 Å². The van der Waals surface area contributed by atoms with Crippen molar-refractivity contribution in [3.05, 3.63) is 12.7 Å². The topological polar surface area (TPSA) is 65.0 Å². The summed E-state index contributed by atoms with van der Waals surface area (Å²) in [5.41, 5.74) is 0. The lowest BCUT2D eigenvalue weighted by molar-refractivity contribution is 0.448. The van der Waals surface area contributed by atoms with Crippen LogP contribution in [0.5, 0.6) is 0 Å². The number of guanidine groups is 1. The van der Waals surface area contributed by atoms with E-state index in [1.165, 1.54) is 4.31 Å². The summed E-state index contributed by atoms with van der Waals surface area (Å²) in [7, 11) is 2.28. The Balaban J connectivity index is 4.05. The van der Waals surface area contributed by atoms with Crippen LogP contribution < -0.4 is 5.32 Å². The van der Waals surface area contributed by atoms with Gasteiger partial charge in [0.2, 0.25) is 10.0 Å². The SMILES string of the molecule is C=CCCCN(C)C(=NC)NCCCN(C)S(=O)(=O)CC. The van der Waals surface area contributed by atoms with Gasteiger partial charge >= 0.3 is 0 Å². The number of hydrogen-bond donors (Lipinski definition) is 1. The Kier molecular flexibility index (Phi) is 10.1. The van der Waals surface area contributed by atoms with Crippen LogP contribution in [0.25, 0.3) is 0 Å². The maximum atomic E-state index is 11.6. The van der Waals surface area contributed by atoms with Gasteiger partial charge in [-0.2, -0.15) is 0 Å². The average Bonchev–Trinajstić information content (AvgIpc) is 2.47. The van der Waals surface area contributed by atoms with E-state index >= 15 is 0 Å². The standard InChI is InChI=1S/C14H30N4O2S/c1-6-8-9-12-17(4)14(15-3)16-11-10-13-18(5)21(19,20)7-2/h6H,1,7-13H2,2-5H3,(H,15,16). The zero-order chi connectivity index (χ0) is 16.3. The first-order chi connectivity index (χ1) is 9.88. The number of sulfonamides is 1. The fourth-order valence-corrected chi connectivity index (χ4v) is 2.67. The van der Waals surface area contributed by atoms with Crippen molar-refractivity contribution >= 4 is 16.0 Å². The Labute approximate surface area is 130 Å². The normalized spacial score (nSPS) is 12.5. The van der Waals surface area contributed by atoms with Crippen molar-refractivity contribution in [1.82, 2.24) is 14.5 Å². The van der Waals surface area contributed by atoms with E-state index in [4.69, 9.17) is 0 Å². The van der Waals surface area contributed by atoms with Crippen molar-refractivity contribution in [2.24, 2.45) is 4.99 Å². The predicted molar refractivity (Wildman–Crippen MR) is 90.1 cm³/mol. The van der Waals surface area contributed by atoms with Gasteiger partial charge in [0.15, 0.2) is 5.96 Å². The number of nitrogens with zero attached hydrogens (tertiary/aromatic N) is 3. The highest BCUT2D eigenvalue weighted by Gasteiger charge is 2.14. The van der Waals surface area contributed by atoms with Gasteiger partial charge in [-0.3, -0.25) is 4.99 Å². The molecule has 6 nitrogen and oxygen atoms in total. The Morgan fingerprint density at radius 2 is 1.95 bits per heavy atom. The van der Waals surface area contributed by atoms with E-state index in [0.29, 0.717) is 13.1 Å². The molecule has 0 saturated heterocycles. The highest BCUT2D eigenvalue weighted by Crippen LogP contribution is 1.99. The molecule has 0 saturated carbocycles. The number of hydrogen-bond acceptors (Lipinski definition) is 3. The van der Waals surface area contributed by atoms with Gasteiger partial charge in [-0.05, 0) is 26.2 Å². The van der Waals surface area contributed by atoms with Gasteiger partial charge in [0.1, 0.15) is 0 Å². The van der Waals surface area contributed by atoms with Crippen LogP contribution in [0.1, 0.15) is 26.2 Å². The zero-order valence-electron chi connectivity index (χ0n) is 13.8. The first-order valence-electron chi connectivity index (χ1n) is 7.35. The minimum absolute atomic E-state index is 0.143. The molecule has 0 aliphatic rings. The summed E-state index contributed by atoms with van der Waals surface area (Å²) in [4.78, 5) is 6.29. The van der Waals surface area contributed by atoms with Crippen LogP contribution in [0.15, 0.2) is 17.6 Å². The van der Waals surface area contributed by atoms with E-state index in [9.17, 15) is 8.42 Å². The molecule has 0 fully saturated rings. The van der Waals surface area contributed by atoms with E-state index in [1.807, 2.05) is 13.1 Å². The predicted octanol–water partition coefficient (Wildman–Crippen LogP) is 1.13. The van der Waals surface area contributed by atoms with Crippen LogP contribution in [0.4, 0.5) is 0 Å². The Morgan fingerprint density at radius 3 is 2.48 bits per heavy atom. The second kappa shape index (κ2) is 10.6. The maximum Gasteiger partial charge on any atom is 0.213 e. The summed E-state index contributed by atoms with van der Waals surface area (Å²) >= 11 is 0. The zero-order valence-corrected chi connectivity index (χ0v) is 14.6. The minimum Gasteiger partial charge on any atom is -0.356 e. The van der Waals surface area contributed by atoms with Gasteiger partial charge in [0, 0.05) is 40.8 Å². The molecule has 1 N–H and O–H groups in total. The van der Waals surface area contributed by atoms with Crippen LogP contribution >= 0.6 is 0 Å². The molecule has 0 aromatic rings. The summed E-state index contributed by atoms with van der Waals surface area (Å²) in [5, 5.41) is 3.25. The maximum absolute atomic E-state index is 11.6. The number of rotatable bonds is 10. The van der Waals surface area contributed by atoms with Gasteiger partial charge in [-0.15, -0.1) is 6.58 Å². The first kappa shape index (κ1) is 19.9. The monoisotopic (exact) mass is 318 g/mol. The smallest absolute Gasteiger partial charge is 0.213 e. The first-order valence-corrected chi connectivity index (χ1v) is 8.96. The molecule has 0 radical (unpaired) electrons. The molecule has 0 bridgehead atoms. The molecular weight excluding hydrogens is 288 g/mol. The van der Waals surface area contributed by atoms with Crippen molar-refractivity contribution in [2.75, 3.05) is 46.5 Å². The molecule has 0 heterocycles. The number of allylic oxidation sites excluding steroid dienone is 1. The average molecular weight is 318 g/mol. The second-order valence-corrected chi connectivity index (χ2v) is 7.27. The fourth-order valence-electron chi connectivity index (χ4n) is 1.82. The molecule has 0 amide bonds. The van der Waals surface area contributed by atoms with E-state index in [-0.39, 0.29) is 5.75 Å². The van der Waals surface area contributed by atoms with Crippen LogP contribution in [0.3, 0.4) is 0 Å². The summed E-state index contributed by atoms with van der Waals surface area (Å²) in [5.74, 6) is 0.977. The van der Waals surface area contributed by atoms with Crippen molar-refractivity contribution in [2.45, 2.75) is 26.2 Å². The summed E-state index contributed by atoms with van der Waals surface area (Å²) in [6.07, 6.45) is 4.68. The quantitative estimate of drug-likeness (QED) is 0.284. The number of unbranched alkanes of at least 4 members (excludes halogenated alkanes) is 1. The molecule has 7 heteroatoms. The van der Waals surface area contributed by atoms with Crippen LogP contribution in [-0.4, -0.2) is 70.1 Å². The van der Waals surface area contributed by atoms with Gasteiger partial charge in [-0.25, -0.2) is 12.7 Å². The van der Waals surface area contributed by atoms with Gasteiger partial charge < -0.3 is 10.2 Å². The Morgan fingerprint density at radius 1 is 1.29 bits per heavy atom. The Bertz CT molecular complexity index is 421. The van der Waals surface area contributed by atoms with Crippen LogP contribution in [0, 0.1) is 0 Å².